The first-order valence-corrected chi connectivity index (χ1v) is 17.0. The number of piperazine rings is 1. The zero-order valence-corrected chi connectivity index (χ0v) is 29.1. The summed E-state index contributed by atoms with van der Waals surface area (Å²) in [6.45, 7) is 21.0. The Labute approximate surface area is 263 Å². The van der Waals surface area contributed by atoms with Gasteiger partial charge < -0.3 is 20.3 Å². The van der Waals surface area contributed by atoms with E-state index in [-0.39, 0.29) is 5.54 Å². The summed E-state index contributed by atoms with van der Waals surface area (Å²) in [5, 5.41) is 7.40. The fraction of sp³-hybridized carbons (Fsp3) is 0.677. The molecule has 240 valence electrons. The second-order valence-corrected chi connectivity index (χ2v) is 12.8. The van der Waals surface area contributed by atoms with Crippen molar-refractivity contribution >= 4 is 46.5 Å². The number of methoxy groups -OCH3 is 1. The maximum Gasteiger partial charge on any atom is 0.144 e. The van der Waals surface area contributed by atoms with Crippen molar-refractivity contribution in [3.05, 3.63) is 28.9 Å². The second-order valence-electron chi connectivity index (χ2n) is 11.1. The lowest BCUT2D eigenvalue weighted by Gasteiger charge is -2.43. The van der Waals surface area contributed by atoms with Crippen LogP contribution in [0.3, 0.4) is 0 Å². The number of hydrogen-bond acceptors (Lipinski definition) is 7. The van der Waals surface area contributed by atoms with Gasteiger partial charge in [-0.2, -0.15) is 0 Å². The van der Waals surface area contributed by atoms with Gasteiger partial charge in [0, 0.05) is 62.0 Å². The van der Waals surface area contributed by atoms with Crippen LogP contribution in [0.25, 0.3) is 0 Å². The fourth-order valence-corrected chi connectivity index (χ4v) is 5.10. The monoisotopic (exact) mass is 625 g/mol. The van der Waals surface area contributed by atoms with Gasteiger partial charge in [0.1, 0.15) is 23.3 Å². The van der Waals surface area contributed by atoms with Gasteiger partial charge in [0.05, 0.1) is 23.8 Å². The molecule has 0 spiro atoms. The number of ether oxygens (including phenoxy) is 1. The number of rotatable bonds is 9. The molecule has 42 heavy (non-hydrogen) atoms. The first kappa shape index (κ1) is 37.9. The number of aliphatic imine (C=N–C) groups is 2. The van der Waals surface area contributed by atoms with E-state index >= 15 is 0 Å². The normalized spacial score (nSPS) is 17.7. The lowest BCUT2D eigenvalue weighted by atomic mass is 9.95. The molecule has 1 aromatic carbocycles. The minimum absolute atomic E-state index is 0.206. The van der Waals surface area contributed by atoms with Gasteiger partial charge in [0.2, 0.25) is 0 Å². The predicted octanol–water partition coefficient (Wildman–Crippen LogP) is 5.92. The molecule has 0 aromatic heterocycles. The van der Waals surface area contributed by atoms with E-state index in [2.05, 4.69) is 76.7 Å². The van der Waals surface area contributed by atoms with E-state index in [4.69, 9.17) is 21.3 Å². The van der Waals surface area contributed by atoms with Gasteiger partial charge in [-0.15, -0.1) is 0 Å². The van der Waals surface area contributed by atoms with Crippen molar-refractivity contribution in [2.24, 2.45) is 9.98 Å². The van der Waals surface area contributed by atoms with Crippen molar-refractivity contribution in [1.29, 1.82) is 0 Å². The van der Waals surface area contributed by atoms with Crippen molar-refractivity contribution in [1.82, 2.24) is 14.9 Å². The SMILES string of the molecule is C=N/C=C(Cl)\C(=N/CNc1cc(C)c(N2CCN(C(C)(C)C)CC2)cc1OC)NC1CCCCC1.CC.CNS(C)=O. The van der Waals surface area contributed by atoms with Crippen LogP contribution in [0.1, 0.15) is 72.3 Å². The van der Waals surface area contributed by atoms with Crippen LogP contribution in [-0.2, 0) is 11.0 Å². The molecule has 1 saturated carbocycles. The Balaban J connectivity index is 0.00000114. The van der Waals surface area contributed by atoms with Gasteiger partial charge in [-0.05, 0) is 65.9 Å². The van der Waals surface area contributed by atoms with Crippen molar-refractivity contribution < 1.29 is 8.95 Å². The Bertz CT molecular complexity index is 1030. The average molecular weight is 626 g/mol. The molecule has 1 unspecified atom stereocenters. The molecule has 3 rings (SSSR count). The Kier molecular flexibility index (Phi) is 18.0. The van der Waals surface area contributed by atoms with Crippen molar-refractivity contribution in [2.45, 2.75) is 85.2 Å². The van der Waals surface area contributed by atoms with Crippen LogP contribution in [-0.4, -0.2) is 86.5 Å². The van der Waals surface area contributed by atoms with Gasteiger partial charge in [-0.25, -0.2) is 13.9 Å². The summed E-state index contributed by atoms with van der Waals surface area (Å²) < 4.78 is 18.1. The van der Waals surface area contributed by atoms with Crippen LogP contribution in [0, 0.1) is 6.92 Å². The quantitative estimate of drug-likeness (QED) is 0.233. The molecule has 1 saturated heterocycles. The van der Waals surface area contributed by atoms with Gasteiger partial charge in [-0.3, -0.25) is 9.89 Å². The van der Waals surface area contributed by atoms with E-state index in [9.17, 15) is 4.21 Å². The lowest BCUT2D eigenvalue weighted by molar-refractivity contribution is 0.128. The highest BCUT2D eigenvalue weighted by molar-refractivity contribution is 7.82. The second kappa shape index (κ2) is 19.9. The fourth-order valence-electron chi connectivity index (χ4n) is 4.92. The molecule has 1 heterocycles. The molecular formula is C31H56ClN7O2S. The minimum atomic E-state index is -0.823. The third-order valence-corrected chi connectivity index (χ3v) is 8.11. The molecule has 1 atom stereocenters. The molecule has 9 nitrogen and oxygen atoms in total. The van der Waals surface area contributed by atoms with Crippen LogP contribution in [0.4, 0.5) is 11.4 Å². The molecule has 3 N–H and O–H groups in total. The average Bonchev–Trinajstić information content (AvgIpc) is 2.98. The van der Waals surface area contributed by atoms with Crippen LogP contribution in [0.2, 0.25) is 0 Å². The molecular weight excluding hydrogens is 570 g/mol. The van der Waals surface area contributed by atoms with E-state index in [1.807, 2.05) is 13.8 Å². The van der Waals surface area contributed by atoms with E-state index in [0.717, 1.165) is 50.5 Å². The minimum Gasteiger partial charge on any atom is -0.495 e. The number of benzene rings is 1. The van der Waals surface area contributed by atoms with Gasteiger partial charge >= 0.3 is 0 Å². The molecule has 1 aromatic rings. The van der Waals surface area contributed by atoms with E-state index < -0.39 is 11.0 Å². The van der Waals surface area contributed by atoms with Crippen molar-refractivity contribution in [2.75, 3.05) is 63.5 Å². The van der Waals surface area contributed by atoms with E-state index in [0.29, 0.717) is 23.6 Å². The summed E-state index contributed by atoms with van der Waals surface area (Å²) in [5.74, 6) is 1.47. The molecule has 0 radical (unpaired) electrons. The van der Waals surface area contributed by atoms with E-state index in [1.54, 1.807) is 20.4 Å². The summed E-state index contributed by atoms with van der Waals surface area (Å²) in [4.78, 5) is 13.5. The number of hydrogen-bond donors (Lipinski definition) is 3. The highest BCUT2D eigenvalue weighted by atomic mass is 35.5. The smallest absolute Gasteiger partial charge is 0.144 e. The van der Waals surface area contributed by atoms with Crippen molar-refractivity contribution in [3.63, 3.8) is 0 Å². The summed E-state index contributed by atoms with van der Waals surface area (Å²) >= 11 is 6.45. The molecule has 1 aliphatic heterocycles. The van der Waals surface area contributed by atoms with Crippen LogP contribution in [0.15, 0.2) is 33.3 Å². The first-order valence-electron chi connectivity index (χ1n) is 15.1. The number of halogens is 1. The Morgan fingerprint density at radius 2 is 1.76 bits per heavy atom. The highest BCUT2D eigenvalue weighted by Gasteiger charge is 2.27. The first-order chi connectivity index (χ1) is 20.0. The molecule has 11 heteroatoms. The topological polar surface area (TPSA) is 93.6 Å². The summed E-state index contributed by atoms with van der Waals surface area (Å²) in [7, 11) is 2.54. The molecule has 0 bridgehead atoms. The molecule has 2 aliphatic rings. The predicted molar refractivity (Wildman–Crippen MR) is 185 cm³/mol. The van der Waals surface area contributed by atoms with Gasteiger partial charge in [-0.1, -0.05) is 44.7 Å². The number of aryl methyl sites for hydroxylation is 1. The Morgan fingerprint density at radius 3 is 2.26 bits per heavy atom. The Hall–Kier alpha value is -2.14. The number of anilines is 2. The summed E-state index contributed by atoms with van der Waals surface area (Å²) in [5.41, 5.74) is 3.57. The molecule has 1 aliphatic carbocycles. The molecule has 0 amide bonds. The maximum absolute atomic E-state index is 9.81. The summed E-state index contributed by atoms with van der Waals surface area (Å²) in [6, 6.07) is 4.69. The van der Waals surface area contributed by atoms with Crippen LogP contribution >= 0.6 is 11.6 Å². The zero-order chi connectivity index (χ0) is 31.7. The summed E-state index contributed by atoms with van der Waals surface area (Å²) in [6.07, 6.45) is 9.16. The van der Waals surface area contributed by atoms with E-state index in [1.165, 1.54) is 36.7 Å². The van der Waals surface area contributed by atoms with Crippen molar-refractivity contribution in [3.8, 4) is 5.75 Å². The number of nitrogens with one attached hydrogen (secondary N) is 3. The zero-order valence-electron chi connectivity index (χ0n) is 27.5. The van der Waals surface area contributed by atoms with Gasteiger partial charge in [0.15, 0.2) is 0 Å². The van der Waals surface area contributed by atoms with Crippen LogP contribution < -0.4 is 25.0 Å². The van der Waals surface area contributed by atoms with Crippen LogP contribution in [0.5, 0.6) is 5.75 Å². The number of amidine groups is 1. The largest absolute Gasteiger partial charge is 0.495 e. The maximum atomic E-state index is 9.81. The third-order valence-electron chi connectivity index (χ3n) is 7.26. The highest BCUT2D eigenvalue weighted by Crippen LogP contribution is 2.34. The van der Waals surface area contributed by atoms with Gasteiger partial charge in [0.25, 0.3) is 0 Å². The molecule has 2 fully saturated rings. The number of nitrogens with zero attached hydrogens (tertiary/aromatic N) is 4. The Morgan fingerprint density at radius 1 is 1.17 bits per heavy atom. The standard InChI is InChI=1S/C27H43ClN6O.C2H7NOS.C2H6/c1-20-16-23(25(35-6)17-24(20)33-12-14-34(15-13-33)27(2,3)4)30-19-31-26(22(28)18-29-5)32-21-10-8-7-9-11-21;1-3-5(2)4;1-2/h16-18,21,30H,5,7-15,19H2,1-4,6H3,(H,31,32);3H,1-2H3;1-2H3/b22-18+;;. The third kappa shape index (κ3) is 13.0. The lowest BCUT2D eigenvalue weighted by Crippen LogP contribution is -2.53.